The highest BCUT2D eigenvalue weighted by atomic mass is 16.5. The lowest BCUT2D eigenvalue weighted by molar-refractivity contribution is 0.159. The monoisotopic (exact) mass is 181 g/mol. The standard InChI is InChI=1S/C9H15N3O/c1-13-6-7-4-8(12-5-7)9-10-2-3-11-9/h2-3,7-8,12H,4-6H2,1H3,(H,10,11)/t7-,8-/m0/s1. The Labute approximate surface area is 77.7 Å². The van der Waals surface area contributed by atoms with Crippen LogP contribution in [0, 0.1) is 5.92 Å². The zero-order valence-corrected chi connectivity index (χ0v) is 7.79. The summed E-state index contributed by atoms with van der Waals surface area (Å²) < 4.78 is 5.12. The molecule has 2 rings (SSSR count). The summed E-state index contributed by atoms with van der Waals surface area (Å²) in [4.78, 5) is 7.36. The minimum atomic E-state index is 0.384. The van der Waals surface area contributed by atoms with Gasteiger partial charge in [0.25, 0.3) is 0 Å². The summed E-state index contributed by atoms with van der Waals surface area (Å²) >= 11 is 0. The van der Waals surface area contributed by atoms with Gasteiger partial charge < -0.3 is 15.0 Å². The summed E-state index contributed by atoms with van der Waals surface area (Å²) in [6.45, 7) is 1.86. The van der Waals surface area contributed by atoms with Crippen molar-refractivity contribution in [3.05, 3.63) is 18.2 Å². The van der Waals surface area contributed by atoms with Crippen LogP contribution in [0.3, 0.4) is 0 Å². The van der Waals surface area contributed by atoms with Crippen molar-refractivity contribution in [3.63, 3.8) is 0 Å². The Kier molecular flexibility index (Phi) is 2.61. The van der Waals surface area contributed by atoms with Crippen LogP contribution < -0.4 is 5.32 Å². The molecule has 0 saturated carbocycles. The first-order chi connectivity index (χ1) is 6.40. The van der Waals surface area contributed by atoms with E-state index in [0.29, 0.717) is 12.0 Å². The van der Waals surface area contributed by atoms with E-state index < -0.39 is 0 Å². The van der Waals surface area contributed by atoms with Crippen molar-refractivity contribution in [1.29, 1.82) is 0 Å². The number of nitrogens with zero attached hydrogens (tertiary/aromatic N) is 1. The summed E-state index contributed by atoms with van der Waals surface area (Å²) in [5, 5.41) is 3.42. The molecule has 1 aromatic heterocycles. The number of nitrogens with one attached hydrogen (secondary N) is 2. The van der Waals surface area contributed by atoms with Crippen LogP contribution in [0.4, 0.5) is 0 Å². The molecule has 0 bridgehead atoms. The highest BCUT2D eigenvalue weighted by Crippen LogP contribution is 2.24. The zero-order chi connectivity index (χ0) is 9.10. The van der Waals surface area contributed by atoms with E-state index in [2.05, 4.69) is 15.3 Å². The molecule has 0 radical (unpaired) electrons. The van der Waals surface area contributed by atoms with Crippen LogP contribution in [0.1, 0.15) is 18.3 Å². The quantitative estimate of drug-likeness (QED) is 0.722. The summed E-state index contributed by atoms with van der Waals surface area (Å²) in [5.41, 5.74) is 0. The number of aromatic amines is 1. The van der Waals surface area contributed by atoms with Gasteiger partial charge in [-0.1, -0.05) is 0 Å². The van der Waals surface area contributed by atoms with E-state index in [1.807, 2.05) is 6.20 Å². The molecule has 0 spiro atoms. The Morgan fingerprint density at radius 3 is 3.31 bits per heavy atom. The van der Waals surface area contributed by atoms with Crippen molar-refractivity contribution in [1.82, 2.24) is 15.3 Å². The van der Waals surface area contributed by atoms with Gasteiger partial charge in [0.05, 0.1) is 12.6 Å². The molecule has 2 atom stereocenters. The first kappa shape index (κ1) is 8.72. The van der Waals surface area contributed by atoms with Crippen LogP contribution in [0.5, 0.6) is 0 Å². The number of hydrogen-bond donors (Lipinski definition) is 2. The van der Waals surface area contributed by atoms with Gasteiger partial charge in [-0.3, -0.25) is 0 Å². The normalized spacial score (nSPS) is 28.1. The molecule has 0 unspecified atom stereocenters. The Morgan fingerprint density at radius 1 is 1.69 bits per heavy atom. The first-order valence-corrected chi connectivity index (χ1v) is 4.61. The van der Waals surface area contributed by atoms with E-state index in [1.54, 1.807) is 13.3 Å². The summed E-state index contributed by atoms with van der Waals surface area (Å²) in [7, 11) is 1.75. The largest absolute Gasteiger partial charge is 0.384 e. The predicted molar refractivity (Wildman–Crippen MR) is 49.3 cm³/mol. The Morgan fingerprint density at radius 2 is 2.62 bits per heavy atom. The van der Waals surface area contributed by atoms with Crippen molar-refractivity contribution < 1.29 is 4.74 Å². The third-order valence-corrected chi connectivity index (χ3v) is 2.47. The van der Waals surface area contributed by atoms with Crippen molar-refractivity contribution in [2.24, 2.45) is 5.92 Å². The molecule has 0 aromatic carbocycles. The van der Waals surface area contributed by atoms with Crippen molar-refractivity contribution in [2.75, 3.05) is 20.3 Å². The van der Waals surface area contributed by atoms with Crippen LogP contribution in [0.25, 0.3) is 0 Å². The van der Waals surface area contributed by atoms with Gasteiger partial charge in [0, 0.05) is 26.0 Å². The zero-order valence-electron chi connectivity index (χ0n) is 7.79. The maximum absolute atomic E-state index is 5.12. The molecule has 2 heterocycles. The number of hydrogen-bond acceptors (Lipinski definition) is 3. The second kappa shape index (κ2) is 3.89. The van der Waals surface area contributed by atoms with E-state index in [9.17, 15) is 0 Å². The number of methoxy groups -OCH3 is 1. The van der Waals surface area contributed by atoms with Gasteiger partial charge in [-0.25, -0.2) is 4.98 Å². The number of H-pyrrole nitrogens is 1. The second-order valence-electron chi connectivity index (χ2n) is 3.49. The predicted octanol–water partition coefficient (Wildman–Crippen LogP) is 0.707. The Hall–Kier alpha value is -0.870. The lowest BCUT2D eigenvalue weighted by Crippen LogP contribution is -2.15. The van der Waals surface area contributed by atoms with E-state index in [-0.39, 0.29) is 0 Å². The fourth-order valence-electron chi connectivity index (χ4n) is 1.85. The maximum atomic E-state index is 5.12. The molecule has 4 heteroatoms. The van der Waals surface area contributed by atoms with Gasteiger partial charge in [0.15, 0.2) is 0 Å². The number of aromatic nitrogens is 2. The first-order valence-electron chi connectivity index (χ1n) is 4.61. The van der Waals surface area contributed by atoms with E-state index >= 15 is 0 Å². The van der Waals surface area contributed by atoms with Crippen LogP contribution in [0.2, 0.25) is 0 Å². The molecule has 2 N–H and O–H groups in total. The van der Waals surface area contributed by atoms with Gasteiger partial charge in [-0.05, 0) is 12.3 Å². The molecule has 1 saturated heterocycles. The number of ether oxygens (including phenoxy) is 1. The third kappa shape index (κ3) is 1.89. The molecule has 13 heavy (non-hydrogen) atoms. The van der Waals surface area contributed by atoms with Crippen molar-refractivity contribution in [3.8, 4) is 0 Å². The number of imidazole rings is 1. The molecule has 0 aliphatic carbocycles. The minimum Gasteiger partial charge on any atom is -0.384 e. The summed E-state index contributed by atoms with van der Waals surface area (Å²) in [5.74, 6) is 1.67. The van der Waals surface area contributed by atoms with E-state index in [0.717, 1.165) is 25.4 Å². The van der Waals surface area contributed by atoms with E-state index in [4.69, 9.17) is 4.74 Å². The van der Waals surface area contributed by atoms with Gasteiger partial charge >= 0.3 is 0 Å². The smallest absolute Gasteiger partial charge is 0.123 e. The summed E-state index contributed by atoms with van der Waals surface area (Å²) in [6.07, 6.45) is 4.77. The molecular weight excluding hydrogens is 166 g/mol. The minimum absolute atomic E-state index is 0.384. The molecule has 1 aliphatic rings. The molecule has 72 valence electrons. The molecule has 1 aromatic rings. The maximum Gasteiger partial charge on any atom is 0.123 e. The Bertz CT molecular complexity index is 247. The lowest BCUT2D eigenvalue weighted by atomic mass is 10.1. The van der Waals surface area contributed by atoms with E-state index in [1.165, 1.54) is 0 Å². The highest BCUT2D eigenvalue weighted by Gasteiger charge is 2.26. The van der Waals surface area contributed by atoms with Crippen LogP contribution >= 0.6 is 0 Å². The lowest BCUT2D eigenvalue weighted by Gasteiger charge is -2.06. The van der Waals surface area contributed by atoms with Gasteiger partial charge in [0.1, 0.15) is 5.82 Å². The second-order valence-corrected chi connectivity index (χ2v) is 3.49. The SMILES string of the molecule is COC[C@@H]1CN[C@H](c2ncc[nH]2)C1. The molecular formula is C9H15N3O. The van der Waals surface area contributed by atoms with Crippen LogP contribution in [-0.2, 0) is 4.74 Å². The van der Waals surface area contributed by atoms with Gasteiger partial charge in [-0.2, -0.15) is 0 Å². The van der Waals surface area contributed by atoms with Gasteiger partial charge in [-0.15, -0.1) is 0 Å². The van der Waals surface area contributed by atoms with Crippen molar-refractivity contribution >= 4 is 0 Å². The fourth-order valence-corrected chi connectivity index (χ4v) is 1.85. The average Bonchev–Trinajstić information content (AvgIpc) is 2.70. The average molecular weight is 181 g/mol. The molecule has 0 amide bonds. The van der Waals surface area contributed by atoms with Crippen LogP contribution in [0.15, 0.2) is 12.4 Å². The molecule has 4 nitrogen and oxygen atoms in total. The molecule has 1 aliphatic heterocycles. The fraction of sp³-hybridized carbons (Fsp3) is 0.667. The Balaban J connectivity index is 1.91. The third-order valence-electron chi connectivity index (χ3n) is 2.47. The van der Waals surface area contributed by atoms with Crippen molar-refractivity contribution in [2.45, 2.75) is 12.5 Å². The topological polar surface area (TPSA) is 49.9 Å². The van der Waals surface area contributed by atoms with Crippen LogP contribution in [-0.4, -0.2) is 30.2 Å². The van der Waals surface area contributed by atoms with Gasteiger partial charge in [0.2, 0.25) is 0 Å². The number of rotatable bonds is 3. The summed E-state index contributed by atoms with van der Waals surface area (Å²) in [6, 6.07) is 0.384. The highest BCUT2D eigenvalue weighted by molar-refractivity contribution is 4.99. The molecule has 1 fully saturated rings.